The van der Waals surface area contributed by atoms with Gasteiger partial charge in [0.1, 0.15) is 17.8 Å². The number of benzene rings is 1. The summed E-state index contributed by atoms with van der Waals surface area (Å²) in [6, 6.07) is 5.27. The molecule has 7 nitrogen and oxygen atoms in total. The Bertz CT molecular complexity index is 633. The fourth-order valence-electron chi connectivity index (χ4n) is 2.85. The van der Waals surface area contributed by atoms with E-state index in [1.54, 1.807) is 12.1 Å². The lowest BCUT2D eigenvalue weighted by atomic mass is 9.95. The molecule has 21 heavy (non-hydrogen) atoms. The van der Waals surface area contributed by atoms with Crippen molar-refractivity contribution in [2.75, 3.05) is 18.0 Å². The number of H-pyrrole nitrogens is 1. The third-order valence-electron chi connectivity index (χ3n) is 3.98. The number of hydrogen-bond acceptors (Lipinski definition) is 5. The SMILES string of the molecule is Cc1ccc([N+](=O)[O-])c(N2CCC(c3ncn[nH]3)CC2)c1. The van der Waals surface area contributed by atoms with Gasteiger partial charge >= 0.3 is 0 Å². The summed E-state index contributed by atoms with van der Waals surface area (Å²) in [7, 11) is 0. The van der Waals surface area contributed by atoms with E-state index in [4.69, 9.17) is 0 Å². The zero-order chi connectivity index (χ0) is 14.8. The van der Waals surface area contributed by atoms with Crippen molar-refractivity contribution in [1.29, 1.82) is 0 Å². The molecule has 1 N–H and O–H groups in total. The van der Waals surface area contributed by atoms with Gasteiger partial charge in [0.15, 0.2) is 0 Å². The molecule has 7 heteroatoms. The summed E-state index contributed by atoms with van der Waals surface area (Å²) in [5, 5.41) is 18.0. The third-order valence-corrected chi connectivity index (χ3v) is 3.98. The Morgan fingerprint density at radius 1 is 1.38 bits per heavy atom. The monoisotopic (exact) mass is 287 g/mol. The number of nitro benzene ring substituents is 1. The number of anilines is 1. The van der Waals surface area contributed by atoms with Crippen LogP contribution >= 0.6 is 0 Å². The lowest BCUT2D eigenvalue weighted by molar-refractivity contribution is -0.384. The van der Waals surface area contributed by atoms with Crippen molar-refractivity contribution >= 4 is 11.4 Å². The zero-order valence-corrected chi connectivity index (χ0v) is 11.8. The van der Waals surface area contributed by atoms with Gasteiger partial charge in [0, 0.05) is 25.1 Å². The van der Waals surface area contributed by atoms with Gasteiger partial charge in [0.25, 0.3) is 5.69 Å². The Labute approximate surface area is 122 Å². The highest BCUT2D eigenvalue weighted by atomic mass is 16.6. The van der Waals surface area contributed by atoms with Crippen LogP contribution in [0.2, 0.25) is 0 Å². The van der Waals surface area contributed by atoms with Crippen molar-refractivity contribution in [2.24, 2.45) is 0 Å². The van der Waals surface area contributed by atoms with E-state index in [9.17, 15) is 10.1 Å². The van der Waals surface area contributed by atoms with Crippen LogP contribution in [0.15, 0.2) is 24.5 Å². The first kappa shape index (κ1) is 13.5. The summed E-state index contributed by atoms with van der Waals surface area (Å²) < 4.78 is 0. The standard InChI is InChI=1S/C14H17N5O2/c1-10-2-3-12(19(20)21)13(8-10)18-6-4-11(5-7-18)14-15-9-16-17-14/h2-3,8-9,11H,4-7H2,1H3,(H,15,16,17). The van der Waals surface area contributed by atoms with Gasteiger partial charge in [-0.1, -0.05) is 6.07 Å². The second kappa shape index (κ2) is 5.51. The van der Waals surface area contributed by atoms with E-state index in [2.05, 4.69) is 20.1 Å². The molecule has 2 heterocycles. The molecule has 110 valence electrons. The van der Waals surface area contributed by atoms with Crippen LogP contribution in [0.5, 0.6) is 0 Å². The van der Waals surface area contributed by atoms with Crippen molar-refractivity contribution < 1.29 is 4.92 Å². The highest BCUT2D eigenvalue weighted by Crippen LogP contribution is 2.34. The molecule has 0 bridgehead atoms. The van der Waals surface area contributed by atoms with Gasteiger partial charge in [-0.3, -0.25) is 15.2 Å². The van der Waals surface area contributed by atoms with E-state index in [0.29, 0.717) is 5.92 Å². The van der Waals surface area contributed by atoms with Gasteiger partial charge in [-0.2, -0.15) is 5.10 Å². The molecule has 0 aliphatic carbocycles. The number of rotatable bonds is 3. The topological polar surface area (TPSA) is 87.9 Å². The second-order valence-electron chi connectivity index (χ2n) is 5.38. The minimum absolute atomic E-state index is 0.179. The Balaban J connectivity index is 1.78. The summed E-state index contributed by atoms with van der Waals surface area (Å²) in [5.74, 6) is 1.26. The fraction of sp³-hybridized carbons (Fsp3) is 0.429. The molecule has 1 saturated heterocycles. The molecule has 0 saturated carbocycles. The molecule has 1 aromatic carbocycles. The van der Waals surface area contributed by atoms with E-state index in [-0.39, 0.29) is 10.6 Å². The van der Waals surface area contributed by atoms with E-state index in [1.165, 1.54) is 6.33 Å². The molecule has 0 unspecified atom stereocenters. The minimum atomic E-state index is -0.308. The largest absolute Gasteiger partial charge is 0.366 e. The lowest BCUT2D eigenvalue weighted by Gasteiger charge is -2.32. The number of nitro groups is 1. The highest BCUT2D eigenvalue weighted by molar-refractivity contribution is 5.64. The average molecular weight is 287 g/mol. The quantitative estimate of drug-likeness (QED) is 0.691. The van der Waals surface area contributed by atoms with Crippen LogP contribution in [-0.2, 0) is 0 Å². The summed E-state index contributed by atoms with van der Waals surface area (Å²) in [6.07, 6.45) is 3.35. The van der Waals surface area contributed by atoms with Crippen LogP contribution in [0, 0.1) is 17.0 Å². The van der Waals surface area contributed by atoms with E-state index in [0.717, 1.165) is 43.0 Å². The molecule has 3 rings (SSSR count). The molecule has 0 atom stereocenters. The third kappa shape index (κ3) is 2.72. The predicted molar refractivity (Wildman–Crippen MR) is 78.4 cm³/mol. The van der Waals surface area contributed by atoms with Gasteiger partial charge in [0.05, 0.1) is 4.92 Å². The zero-order valence-electron chi connectivity index (χ0n) is 11.8. The average Bonchev–Trinajstić information content (AvgIpc) is 3.01. The van der Waals surface area contributed by atoms with Crippen LogP contribution in [0.25, 0.3) is 0 Å². The number of piperidine rings is 1. The Hall–Kier alpha value is -2.44. The normalized spacial score (nSPS) is 16.1. The summed E-state index contributed by atoms with van der Waals surface area (Å²) in [5.41, 5.74) is 1.93. The molecule has 1 fully saturated rings. The van der Waals surface area contributed by atoms with E-state index >= 15 is 0 Å². The Morgan fingerprint density at radius 3 is 2.76 bits per heavy atom. The molecule has 0 spiro atoms. The number of aromatic amines is 1. The maximum Gasteiger partial charge on any atom is 0.292 e. The minimum Gasteiger partial charge on any atom is -0.366 e. The molecular weight excluding hydrogens is 270 g/mol. The fourth-order valence-corrected chi connectivity index (χ4v) is 2.85. The molecule has 1 aromatic heterocycles. The van der Waals surface area contributed by atoms with E-state index in [1.807, 2.05) is 13.0 Å². The molecular formula is C14H17N5O2. The smallest absolute Gasteiger partial charge is 0.292 e. The molecule has 1 aliphatic rings. The lowest BCUT2D eigenvalue weighted by Crippen LogP contribution is -2.33. The number of nitrogens with one attached hydrogen (secondary N) is 1. The Kier molecular flexibility index (Phi) is 3.55. The number of hydrogen-bond donors (Lipinski definition) is 1. The van der Waals surface area contributed by atoms with Gasteiger partial charge in [-0.25, -0.2) is 4.98 Å². The summed E-state index contributed by atoms with van der Waals surface area (Å²) in [6.45, 7) is 3.53. The van der Waals surface area contributed by atoms with E-state index < -0.39 is 0 Å². The molecule has 0 radical (unpaired) electrons. The predicted octanol–water partition coefficient (Wildman–Crippen LogP) is 2.41. The van der Waals surface area contributed by atoms with Crippen LogP contribution in [-0.4, -0.2) is 33.2 Å². The number of aromatic nitrogens is 3. The van der Waals surface area contributed by atoms with Gasteiger partial charge < -0.3 is 4.90 Å². The first-order valence-electron chi connectivity index (χ1n) is 7.00. The van der Waals surface area contributed by atoms with Crippen molar-refractivity contribution in [3.63, 3.8) is 0 Å². The van der Waals surface area contributed by atoms with Crippen LogP contribution in [0.1, 0.15) is 30.1 Å². The van der Waals surface area contributed by atoms with Crippen LogP contribution in [0.3, 0.4) is 0 Å². The highest BCUT2D eigenvalue weighted by Gasteiger charge is 2.26. The van der Waals surface area contributed by atoms with Gasteiger partial charge in [-0.15, -0.1) is 0 Å². The maximum atomic E-state index is 11.2. The van der Waals surface area contributed by atoms with Crippen molar-refractivity contribution in [3.8, 4) is 0 Å². The number of aryl methyl sites for hydroxylation is 1. The van der Waals surface area contributed by atoms with Crippen molar-refractivity contribution in [2.45, 2.75) is 25.7 Å². The summed E-state index contributed by atoms with van der Waals surface area (Å²) in [4.78, 5) is 17.2. The maximum absolute atomic E-state index is 11.2. The van der Waals surface area contributed by atoms with Gasteiger partial charge in [0.2, 0.25) is 0 Å². The Morgan fingerprint density at radius 2 is 2.14 bits per heavy atom. The first-order chi connectivity index (χ1) is 10.1. The second-order valence-corrected chi connectivity index (χ2v) is 5.38. The van der Waals surface area contributed by atoms with Crippen molar-refractivity contribution in [3.05, 3.63) is 46.0 Å². The van der Waals surface area contributed by atoms with Crippen LogP contribution < -0.4 is 4.90 Å². The van der Waals surface area contributed by atoms with Gasteiger partial charge in [-0.05, 0) is 31.4 Å². The molecule has 2 aromatic rings. The number of nitrogens with zero attached hydrogens (tertiary/aromatic N) is 4. The molecule has 1 aliphatic heterocycles. The first-order valence-corrected chi connectivity index (χ1v) is 7.00. The van der Waals surface area contributed by atoms with Crippen molar-refractivity contribution in [1.82, 2.24) is 15.2 Å². The summed E-state index contributed by atoms with van der Waals surface area (Å²) >= 11 is 0. The molecule has 0 amide bonds. The van der Waals surface area contributed by atoms with Crippen LogP contribution in [0.4, 0.5) is 11.4 Å².